The van der Waals surface area contributed by atoms with Gasteiger partial charge in [0.1, 0.15) is 28.0 Å². The number of carbonyl (C=O) groups excluding carboxylic acids is 4. The minimum Gasteiger partial charge on any atom is -0.496 e. The minimum atomic E-state index is -0.560. The number of rotatable bonds is 13. The van der Waals surface area contributed by atoms with Crippen molar-refractivity contribution >= 4 is 63.6 Å². The second-order valence-corrected chi connectivity index (χ2v) is 13.9. The van der Waals surface area contributed by atoms with Crippen molar-refractivity contribution in [2.24, 2.45) is 0 Å². The largest absolute Gasteiger partial charge is 0.496 e. The second-order valence-electron chi connectivity index (χ2n) is 11.7. The van der Waals surface area contributed by atoms with Gasteiger partial charge in [-0.25, -0.2) is 4.79 Å². The van der Waals surface area contributed by atoms with E-state index in [1.54, 1.807) is 80.8 Å². The Hall–Kier alpha value is -5.59. The molecule has 3 aromatic carbocycles. The van der Waals surface area contributed by atoms with Gasteiger partial charge in [-0.2, -0.15) is 0 Å². The molecule has 0 unspecified atom stereocenters. The van der Waals surface area contributed by atoms with E-state index in [-0.39, 0.29) is 24.0 Å². The zero-order valence-electron chi connectivity index (χ0n) is 28.7. The molecule has 12 heteroatoms. The molecule has 0 saturated carbocycles. The van der Waals surface area contributed by atoms with Crippen LogP contribution in [0.4, 0.5) is 10.7 Å². The van der Waals surface area contributed by atoms with E-state index in [0.29, 0.717) is 39.1 Å². The molecule has 0 aliphatic heterocycles. The molecule has 0 atom stereocenters. The average molecular weight is 736 g/mol. The first-order valence-corrected chi connectivity index (χ1v) is 18.6. The maximum Gasteiger partial charge on any atom is 0.341 e. The molecule has 0 saturated heterocycles. The number of esters is 1. The number of anilines is 2. The number of amides is 3. The Morgan fingerprint density at radius 2 is 1.63 bits per heavy atom. The molecule has 6 rings (SSSR count). The van der Waals surface area contributed by atoms with Gasteiger partial charge in [0.2, 0.25) is 5.91 Å². The van der Waals surface area contributed by atoms with Gasteiger partial charge in [0.05, 0.1) is 30.6 Å². The van der Waals surface area contributed by atoms with E-state index in [2.05, 4.69) is 16.0 Å². The molecule has 3 N–H and O–H groups in total. The fourth-order valence-electron chi connectivity index (χ4n) is 5.73. The number of carbonyl (C=O) groups is 4. The Kier molecular flexibility index (Phi) is 11.9. The Bertz CT molecular complexity index is 2100. The highest BCUT2D eigenvalue weighted by Gasteiger charge is 2.27. The van der Waals surface area contributed by atoms with E-state index in [1.165, 1.54) is 29.2 Å². The van der Waals surface area contributed by atoms with Crippen molar-refractivity contribution in [1.82, 2.24) is 5.32 Å². The van der Waals surface area contributed by atoms with Crippen molar-refractivity contribution in [3.8, 4) is 17.1 Å². The lowest BCUT2D eigenvalue weighted by Crippen LogP contribution is -2.30. The topological polar surface area (TPSA) is 136 Å². The number of ether oxygens (including phenoxy) is 2. The molecular formula is C40H37N3O7S2. The summed E-state index contributed by atoms with van der Waals surface area (Å²) in [6, 6.07) is 26.5. The Balaban J connectivity index is 1.12. The second kappa shape index (κ2) is 17.1. The van der Waals surface area contributed by atoms with E-state index >= 15 is 0 Å². The van der Waals surface area contributed by atoms with Crippen molar-refractivity contribution in [2.75, 3.05) is 30.1 Å². The smallest absolute Gasteiger partial charge is 0.341 e. The third-order valence-electron chi connectivity index (χ3n) is 8.20. The molecule has 5 aromatic rings. The van der Waals surface area contributed by atoms with Crippen LogP contribution in [0.2, 0.25) is 0 Å². The van der Waals surface area contributed by atoms with Gasteiger partial charge in [0, 0.05) is 27.1 Å². The first-order valence-electron chi connectivity index (χ1n) is 16.8. The van der Waals surface area contributed by atoms with Crippen LogP contribution < -0.4 is 20.7 Å². The van der Waals surface area contributed by atoms with Crippen LogP contribution in [0.25, 0.3) is 17.4 Å². The third-order valence-corrected chi connectivity index (χ3v) is 10.4. The van der Waals surface area contributed by atoms with E-state index in [9.17, 15) is 19.2 Å². The van der Waals surface area contributed by atoms with Crippen molar-refractivity contribution in [3.63, 3.8) is 0 Å². The van der Waals surface area contributed by atoms with Gasteiger partial charge in [-0.15, -0.1) is 23.1 Å². The Morgan fingerprint density at radius 3 is 2.40 bits per heavy atom. The number of methoxy groups -OCH3 is 1. The van der Waals surface area contributed by atoms with Crippen molar-refractivity contribution in [3.05, 3.63) is 124 Å². The number of nitrogens with one attached hydrogen (secondary N) is 3. The number of aryl methyl sites for hydroxylation is 1. The number of benzene rings is 3. The fourth-order valence-corrected chi connectivity index (χ4v) is 7.72. The van der Waals surface area contributed by atoms with Crippen molar-refractivity contribution in [1.29, 1.82) is 0 Å². The maximum absolute atomic E-state index is 13.6. The summed E-state index contributed by atoms with van der Waals surface area (Å²) in [5.74, 6) is -0.0150. The maximum atomic E-state index is 13.6. The fraction of sp³-hybridized carbons (Fsp3) is 0.200. The van der Waals surface area contributed by atoms with Gasteiger partial charge in [-0.1, -0.05) is 30.3 Å². The highest BCUT2D eigenvalue weighted by atomic mass is 32.2. The van der Waals surface area contributed by atoms with Gasteiger partial charge >= 0.3 is 5.97 Å². The molecule has 1 aliphatic carbocycles. The molecule has 2 heterocycles. The SMILES string of the molecule is CCOC(=O)c1c(NC(=O)CSc2ccc(NC(=O)C(=Cc3ccc(-c4ccccc4OC)o3)NC(=O)c3ccccc3)cc2)sc2c1CCCC2. The van der Waals surface area contributed by atoms with E-state index < -0.39 is 17.8 Å². The molecule has 1 aliphatic rings. The lowest BCUT2D eigenvalue weighted by atomic mass is 9.95. The van der Waals surface area contributed by atoms with E-state index in [1.807, 2.05) is 24.3 Å². The first kappa shape index (κ1) is 36.2. The van der Waals surface area contributed by atoms with Crippen LogP contribution in [0.5, 0.6) is 5.75 Å². The van der Waals surface area contributed by atoms with E-state index in [4.69, 9.17) is 13.9 Å². The predicted molar refractivity (Wildman–Crippen MR) is 204 cm³/mol. The zero-order valence-corrected chi connectivity index (χ0v) is 30.3. The van der Waals surface area contributed by atoms with E-state index in [0.717, 1.165) is 46.6 Å². The quantitative estimate of drug-likeness (QED) is 0.0626. The summed E-state index contributed by atoms with van der Waals surface area (Å²) >= 11 is 2.78. The average Bonchev–Trinajstić information content (AvgIpc) is 3.79. The molecule has 0 spiro atoms. The summed E-state index contributed by atoms with van der Waals surface area (Å²) in [6.45, 7) is 2.03. The molecule has 0 bridgehead atoms. The monoisotopic (exact) mass is 735 g/mol. The molecule has 0 radical (unpaired) electrons. The van der Waals surface area contributed by atoms with Crippen LogP contribution in [0.3, 0.4) is 0 Å². The predicted octanol–water partition coefficient (Wildman–Crippen LogP) is 8.21. The van der Waals surface area contributed by atoms with Crippen LogP contribution in [0.1, 0.15) is 56.7 Å². The van der Waals surface area contributed by atoms with Gasteiger partial charge in [0.25, 0.3) is 11.8 Å². The van der Waals surface area contributed by atoms with Crippen LogP contribution >= 0.6 is 23.1 Å². The standard InChI is InChI=1S/C40H37N3O7S2/c1-3-49-40(47)36-30-14-8-10-16-34(30)52-39(36)43-35(44)24-51-28-20-17-26(18-21-28)41-38(46)31(42-37(45)25-11-5-4-6-12-25)23-27-19-22-33(50-27)29-13-7-9-15-32(29)48-2/h4-7,9,11-13,15,17-23H,3,8,10,14,16,24H2,1-2H3,(H,41,46)(H,42,45)(H,43,44). The van der Waals surface area contributed by atoms with Crippen LogP contribution in [-0.4, -0.2) is 43.2 Å². The first-order chi connectivity index (χ1) is 25.3. The Morgan fingerprint density at radius 1 is 0.885 bits per heavy atom. The van der Waals surface area contributed by atoms with Crippen LogP contribution in [-0.2, 0) is 27.2 Å². The van der Waals surface area contributed by atoms with Crippen molar-refractivity contribution < 1.29 is 33.1 Å². The summed E-state index contributed by atoms with van der Waals surface area (Å²) in [5.41, 5.74) is 3.06. The lowest BCUT2D eigenvalue weighted by molar-refractivity contribution is -0.114. The number of para-hydroxylation sites is 1. The molecule has 3 amide bonds. The van der Waals surface area contributed by atoms with Gasteiger partial charge in [0.15, 0.2) is 0 Å². The summed E-state index contributed by atoms with van der Waals surface area (Å²) in [6.07, 6.45) is 5.23. The van der Waals surface area contributed by atoms with Gasteiger partial charge in [-0.05, 0) is 98.8 Å². The molecule has 2 aromatic heterocycles. The molecule has 10 nitrogen and oxygen atoms in total. The van der Waals surface area contributed by atoms with Gasteiger partial charge in [-0.3, -0.25) is 14.4 Å². The normalized spacial score (nSPS) is 12.4. The summed E-state index contributed by atoms with van der Waals surface area (Å²) < 4.78 is 16.8. The number of thiophene rings is 1. The third kappa shape index (κ3) is 8.82. The molecule has 266 valence electrons. The highest BCUT2D eigenvalue weighted by molar-refractivity contribution is 8.00. The van der Waals surface area contributed by atoms with Gasteiger partial charge < -0.3 is 29.8 Å². The molecular weight excluding hydrogens is 699 g/mol. The number of hydrogen-bond acceptors (Lipinski definition) is 9. The zero-order chi connectivity index (χ0) is 36.5. The number of hydrogen-bond donors (Lipinski definition) is 3. The van der Waals surface area contributed by atoms with Crippen LogP contribution in [0.15, 0.2) is 106 Å². The number of fused-ring (bicyclic) bond motifs is 1. The number of thioether (sulfide) groups is 1. The summed E-state index contributed by atoms with van der Waals surface area (Å²) in [7, 11) is 1.58. The minimum absolute atomic E-state index is 0.0256. The number of furan rings is 1. The Labute approximate surface area is 309 Å². The molecule has 52 heavy (non-hydrogen) atoms. The molecule has 0 fully saturated rings. The highest BCUT2D eigenvalue weighted by Crippen LogP contribution is 2.39. The summed E-state index contributed by atoms with van der Waals surface area (Å²) in [5, 5.41) is 9.04. The van der Waals surface area contributed by atoms with Crippen LogP contribution in [0, 0.1) is 0 Å². The summed E-state index contributed by atoms with van der Waals surface area (Å²) in [4.78, 5) is 54.4. The van der Waals surface area contributed by atoms with Crippen molar-refractivity contribution in [2.45, 2.75) is 37.5 Å². The lowest BCUT2D eigenvalue weighted by Gasteiger charge is -2.12.